The van der Waals surface area contributed by atoms with Crippen molar-refractivity contribution in [2.75, 3.05) is 4.90 Å². The maximum Gasteiger partial charge on any atom is 0.144 e. The molecule has 0 unspecified atom stereocenters. The van der Waals surface area contributed by atoms with Gasteiger partial charge in [-0.3, -0.25) is 0 Å². The largest absolute Gasteiger partial charge is 0.455 e. The van der Waals surface area contributed by atoms with Crippen LogP contribution in [0.5, 0.6) is 0 Å². The molecule has 81 heavy (non-hydrogen) atoms. The zero-order valence-corrected chi connectivity index (χ0v) is 49.3. The van der Waals surface area contributed by atoms with Crippen LogP contribution in [0.15, 0.2) is 167 Å². The highest BCUT2D eigenvalue weighted by Crippen LogP contribution is 2.65. The standard InChI is InChI=1S/C78H77NO2/c1-10-12-14-16-27-41-78(42-28-17-15-13-11-2)62-46-53(38-40-56(62)66-63(78)47-59(51-29-19-18-20-30-51)74-68(66)57-32-22-25-35-64(57)80-74)79(73-49(4)43-48(3)44-50(73)5)52-37-39-55-61(45-52)77(8,9)71-67(55)69-58-33-23-26-36-65(58)81-75(69)70-54-31-21-24-34-60(54)76(6,7)72(70)71/h18-26,29-40,43-47H,10-17,27-28,41-42H2,1-9H3. The van der Waals surface area contributed by atoms with E-state index in [1.54, 1.807) is 0 Å². The van der Waals surface area contributed by atoms with Crippen molar-refractivity contribution in [3.05, 3.63) is 208 Å². The van der Waals surface area contributed by atoms with Crippen molar-refractivity contribution in [2.24, 2.45) is 0 Å². The second-order valence-corrected chi connectivity index (χ2v) is 25.6. The quantitative estimate of drug-likeness (QED) is 0.0903. The first kappa shape index (κ1) is 51.5. The number of aryl methyl sites for hydroxylation is 3. The van der Waals surface area contributed by atoms with Crippen LogP contribution < -0.4 is 4.90 Å². The predicted octanol–water partition coefficient (Wildman–Crippen LogP) is 23.1. The molecule has 14 rings (SSSR count). The molecule has 3 heteroatoms. The van der Waals surface area contributed by atoms with Crippen molar-refractivity contribution in [1.29, 1.82) is 0 Å². The molecule has 2 aromatic heterocycles. The predicted molar refractivity (Wildman–Crippen MR) is 343 cm³/mol. The Bertz CT molecular complexity index is 4270. The summed E-state index contributed by atoms with van der Waals surface area (Å²) in [6.07, 6.45) is 14.7. The Morgan fingerprint density at radius 2 is 0.914 bits per heavy atom. The zero-order chi connectivity index (χ0) is 55.5. The monoisotopic (exact) mass is 1060 g/mol. The lowest BCUT2D eigenvalue weighted by Gasteiger charge is -2.35. The fraction of sp³-hybridized carbons (Fsp3) is 0.308. The molecule has 9 aromatic carbocycles. The Kier molecular flexibility index (Phi) is 12.4. The van der Waals surface area contributed by atoms with Gasteiger partial charge in [0.05, 0.1) is 5.69 Å². The van der Waals surface area contributed by atoms with Crippen LogP contribution >= 0.6 is 0 Å². The molecule has 0 atom stereocenters. The van der Waals surface area contributed by atoms with Crippen LogP contribution in [-0.2, 0) is 16.2 Å². The molecule has 406 valence electrons. The van der Waals surface area contributed by atoms with Gasteiger partial charge in [0.2, 0.25) is 0 Å². The molecule has 0 amide bonds. The van der Waals surface area contributed by atoms with Crippen molar-refractivity contribution in [3.63, 3.8) is 0 Å². The summed E-state index contributed by atoms with van der Waals surface area (Å²) < 4.78 is 14.1. The van der Waals surface area contributed by atoms with E-state index in [0.29, 0.717) is 0 Å². The highest BCUT2D eigenvalue weighted by atomic mass is 16.3. The minimum absolute atomic E-state index is 0.205. The molecule has 0 bridgehead atoms. The Morgan fingerprint density at radius 3 is 1.56 bits per heavy atom. The van der Waals surface area contributed by atoms with Gasteiger partial charge in [-0.05, 0) is 154 Å². The second-order valence-electron chi connectivity index (χ2n) is 25.6. The average Bonchev–Trinajstić information content (AvgIpc) is 2.14. The molecule has 0 aliphatic heterocycles. The number of hydrogen-bond donors (Lipinski definition) is 0. The Hall–Kier alpha value is -7.62. The van der Waals surface area contributed by atoms with Crippen molar-refractivity contribution in [3.8, 4) is 44.5 Å². The Morgan fingerprint density at radius 1 is 0.407 bits per heavy atom. The summed E-state index contributed by atoms with van der Waals surface area (Å²) in [7, 11) is 0. The van der Waals surface area contributed by atoms with Crippen LogP contribution in [0.25, 0.3) is 88.4 Å². The summed E-state index contributed by atoms with van der Waals surface area (Å²) in [5.74, 6) is 0. The molecule has 0 spiro atoms. The van der Waals surface area contributed by atoms with E-state index in [1.165, 1.54) is 197 Å². The molecule has 3 aliphatic rings. The molecule has 2 heterocycles. The third-order valence-electron chi connectivity index (χ3n) is 19.7. The highest BCUT2D eigenvalue weighted by molar-refractivity contribution is 6.21. The SMILES string of the molecule is CCCCCCCC1(CCCCCCC)c2cc(N(c3ccc4c(c3)C(C)(C)c3c5c(c6oc7ccccc7c6c3-4)-c3ccccc3C5(C)C)c3c(C)cc(C)cc3C)ccc2-c2c1cc(-c1ccccc1)c1oc3ccccc3c21. The minimum Gasteiger partial charge on any atom is -0.455 e. The van der Waals surface area contributed by atoms with Gasteiger partial charge in [0.25, 0.3) is 0 Å². The number of para-hydroxylation sites is 2. The molecule has 0 N–H and O–H groups in total. The number of nitrogens with zero attached hydrogens (tertiary/aromatic N) is 1. The molecule has 0 radical (unpaired) electrons. The molecule has 0 saturated heterocycles. The van der Waals surface area contributed by atoms with Gasteiger partial charge in [0.15, 0.2) is 0 Å². The van der Waals surface area contributed by atoms with E-state index in [2.05, 4.69) is 225 Å². The van der Waals surface area contributed by atoms with Crippen LogP contribution in [0.2, 0.25) is 0 Å². The third-order valence-corrected chi connectivity index (χ3v) is 19.7. The minimum atomic E-state index is -0.334. The molecular weight excluding hydrogens is 983 g/mol. The van der Waals surface area contributed by atoms with Gasteiger partial charge >= 0.3 is 0 Å². The smallest absolute Gasteiger partial charge is 0.144 e. The van der Waals surface area contributed by atoms with E-state index < -0.39 is 0 Å². The number of benzene rings is 9. The summed E-state index contributed by atoms with van der Waals surface area (Å²) >= 11 is 0. The maximum absolute atomic E-state index is 7.08. The van der Waals surface area contributed by atoms with E-state index >= 15 is 0 Å². The van der Waals surface area contributed by atoms with E-state index in [9.17, 15) is 0 Å². The Labute approximate surface area is 480 Å². The number of anilines is 3. The van der Waals surface area contributed by atoms with E-state index in [-0.39, 0.29) is 16.2 Å². The lowest BCUT2D eigenvalue weighted by molar-refractivity contribution is 0.399. The van der Waals surface area contributed by atoms with Gasteiger partial charge in [-0.1, -0.05) is 227 Å². The molecule has 11 aromatic rings. The Balaban J connectivity index is 1.02. The van der Waals surface area contributed by atoms with Crippen molar-refractivity contribution in [1.82, 2.24) is 0 Å². The second kappa shape index (κ2) is 19.5. The fourth-order valence-corrected chi connectivity index (χ4v) is 16.1. The number of unbranched alkanes of at least 4 members (excludes halogenated alkanes) is 8. The number of hydrogen-bond acceptors (Lipinski definition) is 3. The highest BCUT2D eigenvalue weighted by Gasteiger charge is 2.49. The maximum atomic E-state index is 7.08. The number of fused-ring (bicyclic) bond motifs is 19. The lowest BCUT2D eigenvalue weighted by atomic mass is 9.70. The van der Waals surface area contributed by atoms with E-state index in [0.717, 1.165) is 35.2 Å². The normalized spacial score (nSPS) is 14.9. The van der Waals surface area contributed by atoms with Gasteiger partial charge in [-0.25, -0.2) is 0 Å². The van der Waals surface area contributed by atoms with E-state index in [4.69, 9.17) is 8.83 Å². The average molecular weight is 1060 g/mol. The van der Waals surface area contributed by atoms with Crippen molar-refractivity contribution < 1.29 is 8.83 Å². The van der Waals surface area contributed by atoms with Crippen LogP contribution in [0.3, 0.4) is 0 Å². The van der Waals surface area contributed by atoms with Crippen LogP contribution in [0, 0.1) is 20.8 Å². The van der Waals surface area contributed by atoms with E-state index in [1.807, 2.05) is 0 Å². The topological polar surface area (TPSA) is 29.5 Å². The molecule has 3 nitrogen and oxygen atoms in total. The van der Waals surface area contributed by atoms with Gasteiger partial charge < -0.3 is 13.7 Å². The summed E-state index contributed by atoms with van der Waals surface area (Å²) in [6.45, 7) is 21.4. The molecule has 0 fully saturated rings. The first-order valence-electron chi connectivity index (χ1n) is 30.7. The third kappa shape index (κ3) is 7.73. The van der Waals surface area contributed by atoms with Crippen molar-refractivity contribution in [2.45, 2.75) is 156 Å². The van der Waals surface area contributed by atoms with Gasteiger partial charge in [-0.15, -0.1) is 0 Å². The zero-order valence-electron chi connectivity index (χ0n) is 49.3. The van der Waals surface area contributed by atoms with Gasteiger partial charge in [0.1, 0.15) is 22.3 Å². The summed E-state index contributed by atoms with van der Waals surface area (Å²) in [4.78, 5) is 2.64. The number of furan rings is 2. The lowest BCUT2D eigenvalue weighted by Crippen LogP contribution is -2.26. The summed E-state index contributed by atoms with van der Waals surface area (Å²) in [6, 6.07) is 60.1. The van der Waals surface area contributed by atoms with Crippen molar-refractivity contribution >= 4 is 60.9 Å². The first-order valence-corrected chi connectivity index (χ1v) is 30.7. The van der Waals surface area contributed by atoms with Crippen LogP contribution in [-0.4, -0.2) is 0 Å². The summed E-state index contributed by atoms with van der Waals surface area (Å²) in [5.41, 5.74) is 29.5. The summed E-state index contributed by atoms with van der Waals surface area (Å²) in [5, 5.41) is 4.88. The fourth-order valence-electron chi connectivity index (χ4n) is 16.1. The van der Waals surface area contributed by atoms with Crippen LogP contribution in [0.1, 0.15) is 169 Å². The number of rotatable bonds is 16. The molecular formula is C78H77NO2. The van der Waals surface area contributed by atoms with Gasteiger partial charge in [-0.2, -0.15) is 0 Å². The molecule has 0 saturated carbocycles. The van der Waals surface area contributed by atoms with Crippen LogP contribution in [0.4, 0.5) is 17.1 Å². The molecule has 3 aliphatic carbocycles. The van der Waals surface area contributed by atoms with Gasteiger partial charge in [0, 0.05) is 60.3 Å². The first-order chi connectivity index (χ1) is 39.4.